The first-order valence-corrected chi connectivity index (χ1v) is 10.1. The molecule has 4 rings (SSSR count). The van der Waals surface area contributed by atoms with Crippen molar-refractivity contribution in [2.45, 2.75) is 19.8 Å². The van der Waals surface area contributed by atoms with Crippen LogP contribution in [0.25, 0.3) is 6.08 Å². The SMILES string of the molecule is CC1CCN(C2=NC(=O)C(=Cc3cccc(Oc4ccccc4)c3)S2)CC1. The summed E-state index contributed by atoms with van der Waals surface area (Å²) in [6, 6.07) is 17.4. The highest BCUT2D eigenvalue weighted by Crippen LogP contribution is 2.33. The highest BCUT2D eigenvalue weighted by atomic mass is 32.2. The van der Waals surface area contributed by atoms with E-state index in [-0.39, 0.29) is 5.91 Å². The molecule has 0 aromatic heterocycles. The Morgan fingerprint density at radius 3 is 2.59 bits per heavy atom. The Hall–Kier alpha value is -2.53. The van der Waals surface area contributed by atoms with Crippen LogP contribution in [-0.2, 0) is 4.79 Å². The van der Waals surface area contributed by atoms with Gasteiger partial charge in [-0.3, -0.25) is 4.79 Å². The van der Waals surface area contributed by atoms with Crippen LogP contribution in [0, 0.1) is 5.92 Å². The number of benzene rings is 2. The van der Waals surface area contributed by atoms with Crippen molar-refractivity contribution in [2.24, 2.45) is 10.9 Å². The summed E-state index contributed by atoms with van der Waals surface area (Å²) in [6.07, 6.45) is 4.21. The maximum atomic E-state index is 12.3. The highest BCUT2D eigenvalue weighted by molar-refractivity contribution is 8.18. The summed E-state index contributed by atoms with van der Waals surface area (Å²) in [5.74, 6) is 2.14. The Morgan fingerprint density at radius 2 is 1.81 bits per heavy atom. The van der Waals surface area contributed by atoms with E-state index in [1.165, 1.54) is 11.8 Å². The first kappa shape index (κ1) is 17.9. The molecule has 2 heterocycles. The molecule has 0 spiro atoms. The number of carbonyl (C=O) groups is 1. The largest absolute Gasteiger partial charge is 0.457 e. The van der Waals surface area contributed by atoms with Gasteiger partial charge in [-0.1, -0.05) is 37.3 Å². The number of rotatable bonds is 3. The number of likely N-dealkylation sites (tertiary alicyclic amines) is 1. The van der Waals surface area contributed by atoms with Crippen molar-refractivity contribution in [1.82, 2.24) is 4.90 Å². The van der Waals surface area contributed by atoms with E-state index in [1.54, 1.807) is 0 Å². The molecule has 27 heavy (non-hydrogen) atoms. The lowest BCUT2D eigenvalue weighted by molar-refractivity contribution is -0.113. The zero-order valence-electron chi connectivity index (χ0n) is 15.3. The summed E-state index contributed by atoms with van der Waals surface area (Å²) in [6.45, 7) is 4.24. The van der Waals surface area contributed by atoms with Gasteiger partial charge in [0.05, 0.1) is 4.91 Å². The summed E-state index contributed by atoms with van der Waals surface area (Å²) >= 11 is 1.48. The second-order valence-corrected chi connectivity index (χ2v) is 7.98. The van der Waals surface area contributed by atoms with Crippen LogP contribution in [0.15, 0.2) is 64.5 Å². The molecule has 0 N–H and O–H groups in total. The standard InChI is InChI=1S/C22H22N2O2S/c1-16-10-12-24(13-11-16)22-23-21(25)20(27-22)15-17-6-5-9-19(14-17)26-18-7-3-2-4-8-18/h2-9,14-16H,10-13H2,1H3. The molecule has 5 heteroatoms. The molecule has 0 atom stereocenters. The van der Waals surface area contributed by atoms with Gasteiger partial charge in [-0.25, -0.2) is 0 Å². The molecule has 1 saturated heterocycles. The predicted octanol–water partition coefficient (Wildman–Crippen LogP) is 5.18. The van der Waals surface area contributed by atoms with Crippen LogP contribution in [0.3, 0.4) is 0 Å². The lowest BCUT2D eigenvalue weighted by atomic mass is 10.00. The number of amidine groups is 1. The van der Waals surface area contributed by atoms with Gasteiger partial charge in [-0.05, 0) is 66.4 Å². The maximum absolute atomic E-state index is 12.3. The van der Waals surface area contributed by atoms with E-state index in [9.17, 15) is 4.79 Å². The van der Waals surface area contributed by atoms with Gasteiger partial charge in [0.25, 0.3) is 5.91 Å². The minimum Gasteiger partial charge on any atom is -0.457 e. The molecule has 0 bridgehead atoms. The van der Waals surface area contributed by atoms with Crippen LogP contribution in [0.2, 0.25) is 0 Å². The van der Waals surface area contributed by atoms with E-state index < -0.39 is 0 Å². The Balaban J connectivity index is 1.46. The lowest BCUT2D eigenvalue weighted by Gasteiger charge is -2.30. The quantitative estimate of drug-likeness (QED) is 0.690. The average molecular weight is 378 g/mol. The third kappa shape index (κ3) is 4.42. The summed E-state index contributed by atoms with van der Waals surface area (Å²) in [7, 11) is 0. The second kappa shape index (κ2) is 8.01. The van der Waals surface area contributed by atoms with Gasteiger partial charge < -0.3 is 9.64 Å². The molecular formula is C22H22N2O2S. The fourth-order valence-corrected chi connectivity index (χ4v) is 4.14. The van der Waals surface area contributed by atoms with Gasteiger partial charge in [-0.15, -0.1) is 0 Å². The number of carbonyl (C=O) groups excluding carboxylic acids is 1. The molecule has 2 aliphatic rings. The van der Waals surface area contributed by atoms with Crippen molar-refractivity contribution in [3.8, 4) is 11.5 Å². The number of hydrogen-bond donors (Lipinski definition) is 0. The van der Waals surface area contributed by atoms with Gasteiger partial charge in [0, 0.05) is 13.1 Å². The van der Waals surface area contributed by atoms with E-state index in [0.29, 0.717) is 4.91 Å². The van der Waals surface area contributed by atoms with Crippen LogP contribution in [0.4, 0.5) is 0 Å². The average Bonchev–Trinajstić information content (AvgIpc) is 3.04. The fraction of sp³-hybridized carbons (Fsp3) is 0.273. The van der Waals surface area contributed by atoms with Gasteiger partial charge in [0.2, 0.25) is 0 Å². The molecule has 0 saturated carbocycles. The maximum Gasteiger partial charge on any atom is 0.286 e. The lowest BCUT2D eigenvalue weighted by Crippen LogP contribution is -2.35. The molecule has 2 aliphatic heterocycles. The van der Waals surface area contributed by atoms with Crippen LogP contribution in [-0.4, -0.2) is 29.1 Å². The van der Waals surface area contributed by atoms with E-state index in [1.807, 2.05) is 60.7 Å². The monoisotopic (exact) mass is 378 g/mol. The minimum atomic E-state index is -0.150. The summed E-state index contributed by atoms with van der Waals surface area (Å²) < 4.78 is 5.88. The highest BCUT2D eigenvalue weighted by Gasteiger charge is 2.28. The van der Waals surface area contributed by atoms with Crippen LogP contribution >= 0.6 is 11.8 Å². The number of para-hydroxylation sites is 1. The van der Waals surface area contributed by atoms with E-state index in [0.717, 1.165) is 54.1 Å². The number of thioether (sulfide) groups is 1. The zero-order valence-corrected chi connectivity index (χ0v) is 16.1. The molecule has 1 fully saturated rings. The second-order valence-electron chi connectivity index (χ2n) is 6.97. The van der Waals surface area contributed by atoms with Crippen molar-refractivity contribution in [2.75, 3.05) is 13.1 Å². The van der Waals surface area contributed by atoms with Crippen molar-refractivity contribution >= 4 is 28.9 Å². The molecule has 2 aromatic carbocycles. The topological polar surface area (TPSA) is 41.9 Å². The van der Waals surface area contributed by atoms with E-state index >= 15 is 0 Å². The Labute approximate surface area is 163 Å². The van der Waals surface area contributed by atoms with Gasteiger partial charge in [0.15, 0.2) is 5.17 Å². The normalized spacial score (nSPS) is 19.4. The van der Waals surface area contributed by atoms with Crippen molar-refractivity contribution in [3.63, 3.8) is 0 Å². The molecule has 0 aliphatic carbocycles. The Morgan fingerprint density at radius 1 is 1.07 bits per heavy atom. The molecule has 0 unspecified atom stereocenters. The minimum absolute atomic E-state index is 0.150. The molecule has 1 amide bonds. The number of piperidine rings is 1. The molecule has 138 valence electrons. The number of nitrogens with zero attached hydrogens (tertiary/aromatic N) is 2. The molecule has 0 radical (unpaired) electrons. The van der Waals surface area contributed by atoms with Gasteiger partial charge in [0.1, 0.15) is 11.5 Å². The number of hydrogen-bond acceptors (Lipinski definition) is 4. The first-order chi connectivity index (χ1) is 13.2. The van der Waals surface area contributed by atoms with Crippen LogP contribution in [0.5, 0.6) is 11.5 Å². The van der Waals surface area contributed by atoms with Crippen molar-refractivity contribution in [3.05, 3.63) is 65.1 Å². The van der Waals surface area contributed by atoms with E-state index in [2.05, 4.69) is 16.8 Å². The van der Waals surface area contributed by atoms with Crippen molar-refractivity contribution < 1.29 is 9.53 Å². The summed E-state index contributed by atoms with van der Waals surface area (Å²) in [5, 5.41) is 0.842. The van der Waals surface area contributed by atoms with Crippen LogP contribution in [0.1, 0.15) is 25.3 Å². The number of amides is 1. The van der Waals surface area contributed by atoms with Gasteiger partial charge in [-0.2, -0.15) is 4.99 Å². The molecular weight excluding hydrogens is 356 g/mol. The van der Waals surface area contributed by atoms with E-state index in [4.69, 9.17) is 4.74 Å². The molecule has 2 aromatic rings. The summed E-state index contributed by atoms with van der Waals surface area (Å²) in [4.78, 5) is 19.5. The summed E-state index contributed by atoms with van der Waals surface area (Å²) in [5.41, 5.74) is 0.933. The van der Waals surface area contributed by atoms with Gasteiger partial charge >= 0.3 is 0 Å². The first-order valence-electron chi connectivity index (χ1n) is 9.28. The number of ether oxygens (including phenoxy) is 1. The zero-order chi connectivity index (χ0) is 18.6. The Kier molecular flexibility index (Phi) is 5.30. The smallest absolute Gasteiger partial charge is 0.286 e. The third-order valence-electron chi connectivity index (χ3n) is 4.80. The predicted molar refractivity (Wildman–Crippen MR) is 111 cm³/mol. The van der Waals surface area contributed by atoms with Crippen molar-refractivity contribution in [1.29, 1.82) is 0 Å². The third-order valence-corrected chi connectivity index (χ3v) is 5.84. The Bertz CT molecular complexity index is 884. The molecule has 4 nitrogen and oxygen atoms in total. The van der Waals surface area contributed by atoms with Crippen LogP contribution < -0.4 is 4.74 Å². The fourth-order valence-electron chi connectivity index (χ4n) is 3.18. The number of aliphatic imine (C=N–C) groups is 1.